The summed E-state index contributed by atoms with van der Waals surface area (Å²) in [7, 11) is 0. The summed E-state index contributed by atoms with van der Waals surface area (Å²) in [6, 6.07) is 3.01. The van der Waals surface area contributed by atoms with Crippen molar-refractivity contribution in [2.24, 2.45) is 0 Å². The first-order valence-electron chi connectivity index (χ1n) is 7.66. The highest BCUT2D eigenvalue weighted by Crippen LogP contribution is 2.35. The Balaban J connectivity index is 1.76. The summed E-state index contributed by atoms with van der Waals surface area (Å²) < 4.78 is 10.6. The van der Waals surface area contributed by atoms with Crippen molar-refractivity contribution < 1.29 is 19.2 Å². The molecule has 1 fully saturated rings. The fourth-order valence-electron chi connectivity index (χ4n) is 2.95. The van der Waals surface area contributed by atoms with Gasteiger partial charge in [-0.25, -0.2) is 10.9 Å². The molecule has 0 aromatic heterocycles. The van der Waals surface area contributed by atoms with Gasteiger partial charge in [-0.15, -0.1) is 0 Å². The number of carbonyl (C=O) groups is 1. The summed E-state index contributed by atoms with van der Waals surface area (Å²) in [6.07, 6.45) is 0. The maximum Gasteiger partial charge on any atom is 0.254 e. The molecule has 1 aromatic carbocycles. The smallest absolute Gasteiger partial charge is 0.254 e. The molecule has 1 aromatic rings. The average molecular weight is 336 g/mol. The van der Waals surface area contributed by atoms with Crippen molar-refractivity contribution in [2.45, 2.75) is 44.4 Å². The van der Waals surface area contributed by atoms with E-state index < -0.39 is 34.5 Å². The first kappa shape index (κ1) is 16.5. The fraction of sp³-hybridized carbons (Fsp3) is 0.533. The second-order valence-corrected chi connectivity index (χ2v) is 6.51. The van der Waals surface area contributed by atoms with Crippen molar-refractivity contribution >= 4 is 5.91 Å². The average Bonchev–Trinajstić information content (AvgIpc) is 3.11. The molecule has 0 bridgehead atoms. The van der Waals surface area contributed by atoms with E-state index >= 15 is 0 Å². The van der Waals surface area contributed by atoms with Crippen LogP contribution in [-0.2, 0) is 10.3 Å². The number of amides is 1. The molecule has 3 unspecified atom stereocenters. The van der Waals surface area contributed by atoms with Gasteiger partial charge in [-0.3, -0.25) is 14.9 Å². The molecule has 3 atom stereocenters. The van der Waals surface area contributed by atoms with E-state index in [9.17, 15) is 14.9 Å². The lowest BCUT2D eigenvalue weighted by Gasteiger charge is -2.28. The highest BCUT2D eigenvalue weighted by molar-refractivity contribution is 5.83. The molecular formula is C15H20N4O5. The largest absolute Gasteiger partial charge is 0.454 e. The monoisotopic (exact) mass is 336 g/mol. The molecule has 0 saturated carbocycles. The van der Waals surface area contributed by atoms with Crippen LogP contribution in [0.4, 0.5) is 0 Å². The molecule has 0 aliphatic carbocycles. The molecule has 9 nitrogen and oxygen atoms in total. The van der Waals surface area contributed by atoms with Gasteiger partial charge in [-0.1, -0.05) is 6.07 Å². The van der Waals surface area contributed by atoms with Gasteiger partial charge in [0.25, 0.3) is 6.04 Å². The lowest BCUT2D eigenvalue weighted by molar-refractivity contribution is -0.523. The van der Waals surface area contributed by atoms with Crippen molar-refractivity contribution in [3.05, 3.63) is 33.9 Å². The molecule has 130 valence electrons. The van der Waals surface area contributed by atoms with E-state index in [-0.39, 0.29) is 6.79 Å². The summed E-state index contributed by atoms with van der Waals surface area (Å²) in [5, 5.41) is 14.1. The maximum atomic E-state index is 12.6. The minimum Gasteiger partial charge on any atom is -0.454 e. The Morgan fingerprint density at radius 2 is 2.04 bits per heavy atom. The van der Waals surface area contributed by atoms with E-state index in [1.807, 2.05) is 19.9 Å². The SMILES string of the molecule is CC1NNC(C(=O)NC(C)(C)c2ccc3c(c2)OCO3)C1[N+](=O)[O-]. The Bertz CT molecular complexity index is 678. The summed E-state index contributed by atoms with van der Waals surface area (Å²) >= 11 is 0. The summed E-state index contributed by atoms with van der Waals surface area (Å²) in [4.78, 5) is 23.3. The lowest BCUT2D eigenvalue weighted by atomic mass is 9.92. The maximum absolute atomic E-state index is 12.6. The normalized spacial score (nSPS) is 25.5. The van der Waals surface area contributed by atoms with Crippen LogP contribution in [0.25, 0.3) is 0 Å². The molecule has 24 heavy (non-hydrogen) atoms. The van der Waals surface area contributed by atoms with E-state index in [0.717, 1.165) is 5.56 Å². The molecule has 2 aliphatic rings. The van der Waals surface area contributed by atoms with Gasteiger partial charge < -0.3 is 14.8 Å². The highest BCUT2D eigenvalue weighted by Gasteiger charge is 2.47. The Hall–Kier alpha value is -2.39. The van der Waals surface area contributed by atoms with Gasteiger partial charge >= 0.3 is 0 Å². The Morgan fingerprint density at radius 1 is 1.33 bits per heavy atom. The summed E-state index contributed by atoms with van der Waals surface area (Å²) in [5.74, 6) is 0.841. The second-order valence-electron chi connectivity index (χ2n) is 6.51. The van der Waals surface area contributed by atoms with Crippen LogP contribution in [0, 0.1) is 10.1 Å². The minimum absolute atomic E-state index is 0.172. The summed E-state index contributed by atoms with van der Waals surface area (Å²) in [6.45, 7) is 5.49. The first-order valence-corrected chi connectivity index (χ1v) is 7.66. The van der Waals surface area contributed by atoms with Gasteiger partial charge in [0.05, 0.1) is 11.6 Å². The van der Waals surface area contributed by atoms with E-state index in [1.54, 1.807) is 19.1 Å². The highest BCUT2D eigenvalue weighted by atomic mass is 16.7. The van der Waals surface area contributed by atoms with Crippen LogP contribution in [0.5, 0.6) is 11.5 Å². The van der Waals surface area contributed by atoms with Gasteiger partial charge in [0.15, 0.2) is 17.5 Å². The Labute approximate surface area is 138 Å². The number of fused-ring (bicyclic) bond motifs is 1. The van der Waals surface area contributed by atoms with Crippen LogP contribution in [0.15, 0.2) is 18.2 Å². The third-order valence-electron chi connectivity index (χ3n) is 4.38. The number of benzene rings is 1. The number of hydrazine groups is 1. The van der Waals surface area contributed by atoms with Gasteiger partial charge in [-0.2, -0.15) is 0 Å². The Morgan fingerprint density at radius 3 is 2.75 bits per heavy atom. The van der Waals surface area contributed by atoms with Crippen molar-refractivity contribution in [2.75, 3.05) is 6.79 Å². The zero-order valence-electron chi connectivity index (χ0n) is 13.7. The van der Waals surface area contributed by atoms with Crippen molar-refractivity contribution in [3.8, 4) is 11.5 Å². The number of hydrogen-bond donors (Lipinski definition) is 3. The predicted molar refractivity (Wildman–Crippen MR) is 84.0 cm³/mol. The molecule has 1 amide bonds. The van der Waals surface area contributed by atoms with E-state index in [2.05, 4.69) is 16.2 Å². The topological polar surface area (TPSA) is 115 Å². The van der Waals surface area contributed by atoms with Crippen LogP contribution in [0.3, 0.4) is 0 Å². The molecule has 2 heterocycles. The molecule has 1 saturated heterocycles. The molecule has 3 N–H and O–H groups in total. The minimum atomic E-state index is -1.03. The third kappa shape index (κ3) is 2.87. The van der Waals surface area contributed by atoms with E-state index in [0.29, 0.717) is 11.5 Å². The van der Waals surface area contributed by atoms with Crippen LogP contribution in [0.2, 0.25) is 0 Å². The summed E-state index contributed by atoms with van der Waals surface area (Å²) in [5.41, 5.74) is 5.54. The van der Waals surface area contributed by atoms with Gasteiger partial charge in [-0.05, 0) is 38.5 Å². The molecular weight excluding hydrogens is 316 g/mol. The number of nitrogens with one attached hydrogen (secondary N) is 3. The number of nitrogens with zero attached hydrogens (tertiary/aromatic N) is 1. The molecule has 9 heteroatoms. The van der Waals surface area contributed by atoms with E-state index in [1.165, 1.54) is 0 Å². The third-order valence-corrected chi connectivity index (χ3v) is 4.38. The van der Waals surface area contributed by atoms with Crippen LogP contribution >= 0.6 is 0 Å². The zero-order chi connectivity index (χ0) is 17.5. The number of nitro groups is 1. The van der Waals surface area contributed by atoms with Crippen molar-refractivity contribution in [1.29, 1.82) is 0 Å². The lowest BCUT2D eigenvalue weighted by Crippen LogP contribution is -2.54. The molecule has 2 aliphatic heterocycles. The van der Waals surface area contributed by atoms with Crippen molar-refractivity contribution in [3.63, 3.8) is 0 Å². The van der Waals surface area contributed by atoms with Gasteiger partial charge in [0.1, 0.15) is 0 Å². The second kappa shape index (κ2) is 5.91. The van der Waals surface area contributed by atoms with Crippen LogP contribution < -0.4 is 25.6 Å². The van der Waals surface area contributed by atoms with E-state index in [4.69, 9.17) is 9.47 Å². The number of hydrogen-bond acceptors (Lipinski definition) is 7. The van der Waals surface area contributed by atoms with Crippen LogP contribution in [0.1, 0.15) is 26.3 Å². The standard InChI is InChI=1S/C15H20N4O5/c1-8-13(19(21)22)12(18-17-8)14(20)16-15(2,3)9-4-5-10-11(6-9)24-7-23-10/h4-6,8,12-13,17-18H,7H2,1-3H3,(H,16,20). The van der Waals surface area contributed by atoms with Crippen LogP contribution in [-0.4, -0.2) is 35.7 Å². The van der Waals surface area contributed by atoms with Gasteiger partial charge in [0, 0.05) is 4.92 Å². The quantitative estimate of drug-likeness (QED) is 0.534. The number of carbonyl (C=O) groups excluding carboxylic acids is 1. The number of rotatable bonds is 4. The molecule has 0 radical (unpaired) electrons. The number of ether oxygens (including phenoxy) is 2. The predicted octanol–water partition coefficient (Wildman–Crippen LogP) is 0.277. The fourth-order valence-corrected chi connectivity index (χ4v) is 2.95. The zero-order valence-corrected chi connectivity index (χ0v) is 13.7. The molecule has 3 rings (SSSR count). The van der Waals surface area contributed by atoms with Crippen molar-refractivity contribution in [1.82, 2.24) is 16.2 Å². The molecule has 0 spiro atoms. The van der Waals surface area contributed by atoms with Gasteiger partial charge in [0.2, 0.25) is 12.7 Å². The first-order chi connectivity index (χ1) is 11.3. The Kier molecular flexibility index (Phi) is 4.06.